The molecule has 198 valence electrons. The zero-order chi connectivity index (χ0) is 26.2. The topological polar surface area (TPSA) is 121 Å². The first-order chi connectivity index (χ1) is 17.8. The summed E-state index contributed by atoms with van der Waals surface area (Å²) in [5.74, 6) is 1.77. The number of aliphatic hydroxyl groups is 1. The summed E-state index contributed by atoms with van der Waals surface area (Å²) in [5.41, 5.74) is 1.91. The summed E-state index contributed by atoms with van der Waals surface area (Å²) in [7, 11) is 3.73. The van der Waals surface area contributed by atoms with E-state index in [1.54, 1.807) is 7.11 Å². The second-order valence-corrected chi connectivity index (χ2v) is 13.4. The molecule has 4 atom stereocenters. The van der Waals surface area contributed by atoms with E-state index in [1.807, 2.05) is 12.1 Å². The number of hydrogen-bond acceptors (Lipinski definition) is 10. The number of ether oxygens (including phenoxy) is 2. The molecular weight excluding hydrogens is 519 g/mol. The van der Waals surface area contributed by atoms with Gasteiger partial charge in [-0.2, -0.15) is 0 Å². The van der Waals surface area contributed by atoms with Gasteiger partial charge in [0.25, 0.3) is 5.69 Å². The number of nitrogens with zero attached hydrogens (tertiary/aromatic N) is 2. The zero-order valence-corrected chi connectivity index (χ0v) is 22.3. The van der Waals surface area contributed by atoms with Crippen LogP contribution in [0.25, 0.3) is 0 Å². The Bertz CT molecular complexity index is 1260. The lowest BCUT2D eigenvalue weighted by molar-refractivity contribution is -0.384. The minimum absolute atomic E-state index is 0.103. The van der Waals surface area contributed by atoms with Crippen LogP contribution in [-0.4, -0.2) is 60.2 Å². The van der Waals surface area contributed by atoms with Gasteiger partial charge in [0.15, 0.2) is 11.5 Å². The van der Waals surface area contributed by atoms with Crippen molar-refractivity contribution in [1.29, 1.82) is 0 Å². The van der Waals surface area contributed by atoms with E-state index in [-0.39, 0.29) is 35.3 Å². The predicted octanol–water partition coefficient (Wildman–Crippen LogP) is 4.70. The fourth-order valence-corrected chi connectivity index (χ4v) is 8.47. The van der Waals surface area contributed by atoms with Crippen molar-refractivity contribution in [2.75, 3.05) is 33.1 Å². The normalized spacial score (nSPS) is 25.8. The summed E-state index contributed by atoms with van der Waals surface area (Å²) in [6.07, 6.45) is 4.55. The van der Waals surface area contributed by atoms with Crippen LogP contribution < -0.4 is 14.0 Å². The second kappa shape index (κ2) is 10.3. The van der Waals surface area contributed by atoms with E-state index < -0.39 is 17.8 Å². The first kappa shape index (κ1) is 26.1. The summed E-state index contributed by atoms with van der Waals surface area (Å²) in [6.45, 7) is -2.29. The lowest BCUT2D eigenvalue weighted by Gasteiger charge is -2.37. The second-order valence-electron chi connectivity index (χ2n) is 9.35. The van der Waals surface area contributed by atoms with Gasteiger partial charge in [-0.05, 0) is 55.2 Å². The number of nitro groups is 1. The Morgan fingerprint density at radius 1 is 1.30 bits per heavy atom. The van der Waals surface area contributed by atoms with Crippen LogP contribution in [0.3, 0.4) is 0 Å². The highest BCUT2D eigenvalue weighted by molar-refractivity contribution is 8.55. The predicted molar refractivity (Wildman–Crippen MR) is 140 cm³/mol. The van der Waals surface area contributed by atoms with Crippen LogP contribution in [0, 0.1) is 10.1 Å². The van der Waals surface area contributed by atoms with Crippen LogP contribution in [0.5, 0.6) is 17.2 Å². The minimum atomic E-state index is -3.79. The van der Waals surface area contributed by atoms with Crippen LogP contribution in [0.4, 0.5) is 5.69 Å². The van der Waals surface area contributed by atoms with Crippen molar-refractivity contribution in [2.45, 2.75) is 37.0 Å². The van der Waals surface area contributed by atoms with Crippen molar-refractivity contribution in [3.63, 3.8) is 0 Å². The molecule has 0 saturated heterocycles. The van der Waals surface area contributed by atoms with E-state index in [1.165, 1.54) is 29.8 Å². The quantitative estimate of drug-likeness (QED) is 0.204. The van der Waals surface area contributed by atoms with Gasteiger partial charge in [-0.15, -0.1) is 0 Å². The number of non-ortho nitro benzene ring substituents is 1. The van der Waals surface area contributed by atoms with Crippen LogP contribution in [0.2, 0.25) is 0 Å². The Kier molecular flexibility index (Phi) is 7.26. The van der Waals surface area contributed by atoms with Gasteiger partial charge in [0.1, 0.15) is 11.9 Å². The summed E-state index contributed by atoms with van der Waals surface area (Å²) in [6, 6.07) is 9.35. The van der Waals surface area contributed by atoms with E-state index in [0.29, 0.717) is 12.2 Å². The highest BCUT2D eigenvalue weighted by Crippen LogP contribution is 2.63. The van der Waals surface area contributed by atoms with E-state index in [0.717, 1.165) is 42.2 Å². The van der Waals surface area contributed by atoms with Gasteiger partial charge in [-0.25, -0.2) is 4.57 Å². The maximum atomic E-state index is 13.7. The summed E-state index contributed by atoms with van der Waals surface area (Å²) in [4.78, 5) is 12.7. The summed E-state index contributed by atoms with van der Waals surface area (Å²) in [5, 5.41) is 20.3. The molecule has 0 amide bonds. The molecule has 2 aromatic rings. The molecule has 2 aromatic carbocycles. The molecule has 0 aromatic heterocycles. The van der Waals surface area contributed by atoms with E-state index in [4.69, 9.17) is 18.5 Å². The van der Waals surface area contributed by atoms with Gasteiger partial charge in [0.2, 0.25) is 0 Å². The van der Waals surface area contributed by atoms with Crippen LogP contribution in [0.15, 0.2) is 48.6 Å². The number of rotatable bonds is 9. The first-order valence-electron chi connectivity index (χ1n) is 12.0. The molecule has 0 radical (unpaired) electrons. The number of hydrogen-bond donors (Lipinski definition) is 1. The minimum Gasteiger partial charge on any atom is -0.493 e. The SMILES string of the molecule is COc1ccc2c3c1O[C@H]1C[C@@H](OP(=O)(Oc4ccc([N+](=O)[O-])cc4)SCCO)C=C[C@@]31CCN(C)C2. The monoisotopic (exact) mass is 548 g/mol. The molecule has 2 aliphatic heterocycles. The maximum absolute atomic E-state index is 13.7. The third-order valence-electron chi connectivity index (χ3n) is 7.00. The lowest BCUT2D eigenvalue weighted by Crippen LogP contribution is -2.43. The maximum Gasteiger partial charge on any atom is 0.440 e. The molecule has 0 fully saturated rings. The molecule has 37 heavy (non-hydrogen) atoms. The number of aliphatic hydroxyl groups excluding tert-OH is 1. The molecule has 5 rings (SSSR count). The first-order valence-corrected chi connectivity index (χ1v) is 15.1. The standard InChI is InChI=1S/C25H29N2O8PS/c1-26-12-11-25-10-9-20(15-22(25)33-24-21(32-2)8-3-17(16-26)23(24)25)35-36(31,37-14-13-28)34-19-6-4-18(5-7-19)27(29)30/h3-10,20,22,28H,11-16H2,1-2H3/t20-,22-,25-,36?/m0/s1. The van der Waals surface area contributed by atoms with Crippen LogP contribution >= 0.6 is 18.2 Å². The third-order valence-corrected chi connectivity index (χ3v) is 10.6. The zero-order valence-electron chi connectivity index (χ0n) is 20.6. The number of methoxy groups -OCH3 is 1. The summed E-state index contributed by atoms with van der Waals surface area (Å²) < 4.78 is 37.6. The molecule has 1 spiro atoms. The van der Waals surface area contributed by atoms with Crippen LogP contribution in [0.1, 0.15) is 24.0 Å². The molecule has 1 unspecified atom stereocenters. The molecule has 12 heteroatoms. The molecule has 0 saturated carbocycles. The number of benzene rings is 2. The molecule has 0 bridgehead atoms. The average Bonchev–Trinajstić information content (AvgIpc) is 3.14. The van der Waals surface area contributed by atoms with E-state index >= 15 is 0 Å². The smallest absolute Gasteiger partial charge is 0.440 e. The molecule has 2 heterocycles. The van der Waals surface area contributed by atoms with E-state index in [2.05, 4.69) is 24.1 Å². The van der Waals surface area contributed by atoms with Crippen molar-refractivity contribution in [3.05, 3.63) is 69.8 Å². The Hall–Kier alpha value is -2.56. The van der Waals surface area contributed by atoms with Gasteiger partial charge in [0.05, 0.1) is 30.2 Å². The molecule has 1 aliphatic carbocycles. The lowest BCUT2D eigenvalue weighted by atomic mass is 9.69. The van der Waals surface area contributed by atoms with Crippen molar-refractivity contribution >= 4 is 23.9 Å². The fourth-order valence-electron chi connectivity index (χ4n) is 5.30. The molecule has 3 aliphatic rings. The van der Waals surface area contributed by atoms with E-state index in [9.17, 15) is 19.8 Å². The van der Waals surface area contributed by atoms with Crippen molar-refractivity contribution in [3.8, 4) is 17.2 Å². The molecular formula is C25H29N2O8PS. The number of nitro benzene ring substituents is 1. The largest absolute Gasteiger partial charge is 0.493 e. The molecule has 1 N–H and O–H groups in total. The average molecular weight is 549 g/mol. The van der Waals surface area contributed by atoms with Gasteiger partial charge in [-0.1, -0.05) is 18.2 Å². The Morgan fingerprint density at radius 2 is 2.08 bits per heavy atom. The third kappa shape index (κ3) is 4.98. The fraction of sp³-hybridized carbons (Fsp3) is 0.440. The Balaban J connectivity index is 1.41. The van der Waals surface area contributed by atoms with Crippen molar-refractivity contribution in [1.82, 2.24) is 4.90 Å². The van der Waals surface area contributed by atoms with Gasteiger partial charge < -0.3 is 24.0 Å². The van der Waals surface area contributed by atoms with Crippen LogP contribution in [-0.2, 0) is 21.0 Å². The highest BCUT2D eigenvalue weighted by Gasteiger charge is 2.53. The Morgan fingerprint density at radius 3 is 2.78 bits per heavy atom. The van der Waals surface area contributed by atoms with Gasteiger partial charge in [-0.3, -0.25) is 14.6 Å². The van der Waals surface area contributed by atoms with Crippen molar-refractivity contribution < 1.29 is 33.1 Å². The van der Waals surface area contributed by atoms with Gasteiger partial charge in [0, 0.05) is 36.4 Å². The molecule has 10 nitrogen and oxygen atoms in total. The highest BCUT2D eigenvalue weighted by atomic mass is 32.7. The Labute approximate surface area is 219 Å². The van der Waals surface area contributed by atoms with Gasteiger partial charge >= 0.3 is 6.80 Å². The van der Waals surface area contributed by atoms with Crippen molar-refractivity contribution in [2.24, 2.45) is 0 Å². The summed E-state index contributed by atoms with van der Waals surface area (Å²) >= 11 is 0.889.